The second-order valence-corrected chi connectivity index (χ2v) is 4.01. The Morgan fingerprint density at radius 2 is 2.21 bits per heavy atom. The summed E-state index contributed by atoms with van der Waals surface area (Å²) in [6.07, 6.45) is 0. The number of carbonyl (C=O) groups excluding carboxylic acids is 1. The number of morpholine rings is 1. The molecule has 4 nitrogen and oxygen atoms in total. The van der Waals surface area contributed by atoms with E-state index in [1.165, 1.54) is 11.3 Å². The van der Waals surface area contributed by atoms with Crippen LogP contribution in [0.5, 0.6) is 0 Å². The van der Waals surface area contributed by atoms with Gasteiger partial charge in [0, 0.05) is 13.1 Å². The molecular formula is C9H12N2O2S. The highest BCUT2D eigenvalue weighted by Crippen LogP contribution is 2.26. The molecule has 1 saturated heterocycles. The molecule has 1 aliphatic heterocycles. The average molecular weight is 212 g/mol. The third-order valence-electron chi connectivity index (χ3n) is 2.22. The van der Waals surface area contributed by atoms with E-state index in [-0.39, 0.29) is 5.91 Å². The molecule has 5 heteroatoms. The number of hydrogen-bond acceptors (Lipinski definition) is 4. The van der Waals surface area contributed by atoms with E-state index in [9.17, 15) is 4.79 Å². The number of anilines is 1. The zero-order valence-electron chi connectivity index (χ0n) is 7.73. The Morgan fingerprint density at radius 3 is 2.86 bits per heavy atom. The van der Waals surface area contributed by atoms with E-state index >= 15 is 0 Å². The Bertz CT molecular complexity index is 331. The third kappa shape index (κ3) is 1.73. The number of thiophene rings is 1. The summed E-state index contributed by atoms with van der Waals surface area (Å²) >= 11 is 1.39. The van der Waals surface area contributed by atoms with Crippen molar-refractivity contribution in [1.29, 1.82) is 0 Å². The summed E-state index contributed by atoms with van der Waals surface area (Å²) in [7, 11) is 0. The smallest absolute Gasteiger partial charge is 0.260 e. The zero-order valence-corrected chi connectivity index (χ0v) is 8.55. The topological polar surface area (TPSA) is 55.6 Å². The molecule has 2 rings (SSSR count). The van der Waals surface area contributed by atoms with Gasteiger partial charge in [-0.1, -0.05) is 0 Å². The van der Waals surface area contributed by atoms with Crippen LogP contribution >= 0.6 is 11.3 Å². The second kappa shape index (κ2) is 3.98. The van der Waals surface area contributed by atoms with Gasteiger partial charge in [0.1, 0.15) is 4.88 Å². The van der Waals surface area contributed by atoms with Crippen LogP contribution in [0.4, 0.5) is 5.69 Å². The van der Waals surface area contributed by atoms with E-state index in [0.29, 0.717) is 18.1 Å². The minimum absolute atomic E-state index is 0.346. The van der Waals surface area contributed by atoms with Crippen LogP contribution < -0.4 is 10.6 Å². The summed E-state index contributed by atoms with van der Waals surface area (Å²) < 4.78 is 5.24. The van der Waals surface area contributed by atoms with Crippen LogP contribution in [-0.4, -0.2) is 32.2 Å². The number of hydrogen-bond donors (Lipinski definition) is 1. The second-order valence-electron chi connectivity index (χ2n) is 3.10. The van der Waals surface area contributed by atoms with Gasteiger partial charge in [-0.2, -0.15) is 0 Å². The van der Waals surface area contributed by atoms with Crippen LogP contribution in [0, 0.1) is 0 Å². The average Bonchev–Trinajstić information content (AvgIpc) is 2.67. The fraction of sp³-hybridized carbons (Fsp3) is 0.444. The Hall–Kier alpha value is -1.07. The first-order chi connectivity index (χ1) is 6.79. The highest BCUT2D eigenvalue weighted by molar-refractivity contribution is 7.12. The van der Waals surface area contributed by atoms with Gasteiger partial charge < -0.3 is 15.4 Å². The van der Waals surface area contributed by atoms with Gasteiger partial charge in [0.25, 0.3) is 5.91 Å². The number of rotatable bonds is 2. The van der Waals surface area contributed by atoms with Gasteiger partial charge in [-0.15, -0.1) is 11.3 Å². The van der Waals surface area contributed by atoms with E-state index in [0.717, 1.165) is 18.8 Å². The molecule has 0 spiro atoms. The van der Waals surface area contributed by atoms with Gasteiger partial charge in [0.05, 0.1) is 18.9 Å². The summed E-state index contributed by atoms with van der Waals surface area (Å²) in [5.41, 5.74) is 6.23. The molecule has 0 aromatic carbocycles. The van der Waals surface area contributed by atoms with Crippen LogP contribution in [0.25, 0.3) is 0 Å². The molecule has 0 unspecified atom stereocenters. The number of amides is 1. The molecule has 2 heterocycles. The Labute approximate surface area is 86.3 Å². The van der Waals surface area contributed by atoms with Gasteiger partial charge in [-0.05, 0) is 11.4 Å². The van der Waals surface area contributed by atoms with Gasteiger partial charge in [-0.25, -0.2) is 0 Å². The monoisotopic (exact) mass is 212 g/mol. The van der Waals surface area contributed by atoms with Gasteiger partial charge in [0.15, 0.2) is 0 Å². The molecule has 2 N–H and O–H groups in total. The standard InChI is InChI=1S/C9H12N2O2S/c10-9(12)8-7(1-6-14-8)11-2-4-13-5-3-11/h1,6H,2-5H2,(H2,10,12). The number of ether oxygens (including phenoxy) is 1. The van der Waals surface area contributed by atoms with Crippen molar-refractivity contribution in [3.8, 4) is 0 Å². The van der Waals surface area contributed by atoms with Crippen molar-refractivity contribution in [2.45, 2.75) is 0 Å². The summed E-state index contributed by atoms with van der Waals surface area (Å²) in [6, 6.07) is 1.94. The molecule has 1 fully saturated rings. The SMILES string of the molecule is NC(=O)c1sccc1N1CCOCC1. The normalized spacial score (nSPS) is 17.0. The summed E-state index contributed by atoms with van der Waals surface area (Å²) in [6.45, 7) is 3.09. The fourth-order valence-electron chi connectivity index (χ4n) is 1.54. The van der Waals surface area contributed by atoms with Crippen LogP contribution in [0.15, 0.2) is 11.4 Å². The minimum atomic E-state index is -0.346. The summed E-state index contributed by atoms with van der Waals surface area (Å²) in [4.78, 5) is 13.9. The lowest BCUT2D eigenvalue weighted by Gasteiger charge is -2.28. The molecule has 14 heavy (non-hydrogen) atoms. The highest BCUT2D eigenvalue weighted by atomic mass is 32.1. The number of primary amides is 1. The molecule has 1 aromatic heterocycles. The molecule has 0 saturated carbocycles. The lowest BCUT2D eigenvalue weighted by atomic mass is 10.3. The maximum Gasteiger partial charge on any atom is 0.260 e. The van der Waals surface area contributed by atoms with E-state index in [2.05, 4.69) is 4.90 Å². The molecule has 0 atom stereocenters. The van der Waals surface area contributed by atoms with Gasteiger partial charge in [-0.3, -0.25) is 4.79 Å². The van der Waals surface area contributed by atoms with E-state index in [1.807, 2.05) is 11.4 Å². The first kappa shape index (κ1) is 9.48. The van der Waals surface area contributed by atoms with Crippen molar-refractivity contribution < 1.29 is 9.53 Å². The number of nitrogens with zero attached hydrogens (tertiary/aromatic N) is 1. The summed E-state index contributed by atoms with van der Waals surface area (Å²) in [5, 5.41) is 1.89. The first-order valence-electron chi connectivity index (χ1n) is 4.49. The van der Waals surface area contributed by atoms with E-state index in [4.69, 9.17) is 10.5 Å². The van der Waals surface area contributed by atoms with Crippen molar-refractivity contribution in [2.24, 2.45) is 5.73 Å². The minimum Gasteiger partial charge on any atom is -0.378 e. The molecule has 1 aliphatic rings. The number of carbonyl (C=O) groups is 1. The van der Waals surface area contributed by atoms with E-state index in [1.54, 1.807) is 0 Å². The largest absolute Gasteiger partial charge is 0.378 e. The van der Waals surface area contributed by atoms with Crippen LogP contribution in [-0.2, 0) is 4.74 Å². The van der Waals surface area contributed by atoms with Gasteiger partial charge in [0.2, 0.25) is 0 Å². The van der Waals surface area contributed by atoms with Crippen LogP contribution in [0.1, 0.15) is 9.67 Å². The molecule has 1 amide bonds. The maximum absolute atomic E-state index is 11.1. The Morgan fingerprint density at radius 1 is 1.50 bits per heavy atom. The third-order valence-corrected chi connectivity index (χ3v) is 3.14. The van der Waals surface area contributed by atoms with Crippen LogP contribution in [0.3, 0.4) is 0 Å². The van der Waals surface area contributed by atoms with Gasteiger partial charge >= 0.3 is 0 Å². The fourth-order valence-corrected chi connectivity index (χ4v) is 2.31. The van der Waals surface area contributed by atoms with E-state index < -0.39 is 0 Å². The Balaban J connectivity index is 2.21. The molecule has 1 aromatic rings. The molecular weight excluding hydrogens is 200 g/mol. The van der Waals surface area contributed by atoms with Crippen LogP contribution in [0.2, 0.25) is 0 Å². The lowest BCUT2D eigenvalue weighted by Crippen LogP contribution is -2.37. The first-order valence-corrected chi connectivity index (χ1v) is 5.37. The molecule has 0 bridgehead atoms. The zero-order chi connectivity index (χ0) is 9.97. The molecule has 0 aliphatic carbocycles. The lowest BCUT2D eigenvalue weighted by molar-refractivity contribution is 0.100. The van der Waals surface area contributed by atoms with Crippen molar-refractivity contribution in [3.63, 3.8) is 0 Å². The van der Waals surface area contributed by atoms with Crippen molar-refractivity contribution in [3.05, 3.63) is 16.3 Å². The molecule has 76 valence electrons. The Kier molecular flexibility index (Phi) is 2.69. The molecule has 0 radical (unpaired) electrons. The predicted molar refractivity (Wildman–Crippen MR) is 55.9 cm³/mol. The van der Waals surface area contributed by atoms with Crippen molar-refractivity contribution in [2.75, 3.05) is 31.2 Å². The highest BCUT2D eigenvalue weighted by Gasteiger charge is 2.18. The summed E-state index contributed by atoms with van der Waals surface area (Å²) in [5.74, 6) is -0.346. The predicted octanol–water partition coefficient (Wildman–Crippen LogP) is 0.684. The van der Waals surface area contributed by atoms with Crippen molar-refractivity contribution in [1.82, 2.24) is 0 Å². The quantitative estimate of drug-likeness (QED) is 0.784. The van der Waals surface area contributed by atoms with Crippen molar-refractivity contribution >= 4 is 22.9 Å². The number of nitrogens with two attached hydrogens (primary N) is 1. The maximum atomic E-state index is 11.1.